The Morgan fingerprint density at radius 3 is 2.80 bits per heavy atom. The zero-order valence-electron chi connectivity index (χ0n) is 18.5. The van der Waals surface area contributed by atoms with Gasteiger partial charge in [-0.3, -0.25) is 4.79 Å². The lowest BCUT2D eigenvalue weighted by Crippen LogP contribution is -2.58. The molecule has 1 aromatic carbocycles. The van der Waals surface area contributed by atoms with Gasteiger partial charge in [-0.15, -0.1) is 0 Å². The summed E-state index contributed by atoms with van der Waals surface area (Å²) < 4.78 is 23.7. The van der Waals surface area contributed by atoms with Crippen molar-refractivity contribution in [2.75, 3.05) is 26.9 Å². The highest BCUT2D eigenvalue weighted by Crippen LogP contribution is 2.70. The van der Waals surface area contributed by atoms with E-state index < -0.39 is 0 Å². The molecule has 0 aromatic heterocycles. The molecular formula is C24H33NO5. The second kappa shape index (κ2) is 7.04. The van der Waals surface area contributed by atoms with Gasteiger partial charge in [-0.05, 0) is 59.6 Å². The van der Waals surface area contributed by atoms with Crippen LogP contribution in [0, 0.1) is 22.7 Å². The van der Waals surface area contributed by atoms with Crippen LogP contribution in [0.25, 0.3) is 0 Å². The van der Waals surface area contributed by atoms with Crippen molar-refractivity contribution in [2.45, 2.75) is 58.6 Å². The maximum Gasteiger partial charge on any atom is 0.219 e. The molecule has 6 nitrogen and oxygen atoms in total. The zero-order valence-corrected chi connectivity index (χ0v) is 18.5. The minimum atomic E-state index is -0.0226. The summed E-state index contributed by atoms with van der Waals surface area (Å²) >= 11 is 0. The van der Waals surface area contributed by atoms with Gasteiger partial charge in [-0.1, -0.05) is 20.8 Å². The van der Waals surface area contributed by atoms with Gasteiger partial charge in [0.2, 0.25) is 11.7 Å². The molecule has 1 spiro atoms. The smallest absolute Gasteiger partial charge is 0.219 e. The fraction of sp³-hybridized carbons (Fsp3) is 0.708. The molecule has 2 heterocycles. The Kier molecular flexibility index (Phi) is 4.69. The fourth-order valence-electron chi connectivity index (χ4n) is 6.84. The lowest BCUT2D eigenvalue weighted by Gasteiger charge is -2.53. The van der Waals surface area contributed by atoms with Crippen LogP contribution in [0.5, 0.6) is 17.2 Å². The molecule has 1 N–H and O–H groups in total. The topological polar surface area (TPSA) is 66.0 Å². The van der Waals surface area contributed by atoms with Crippen molar-refractivity contribution >= 4 is 5.91 Å². The first kappa shape index (κ1) is 20.0. The molecule has 164 valence electrons. The minimum absolute atomic E-state index is 0.0226. The number of methoxy groups -OCH3 is 1. The Labute approximate surface area is 178 Å². The number of nitrogens with one attached hydrogen (secondary N) is 1. The average molecular weight is 416 g/mol. The van der Waals surface area contributed by atoms with Gasteiger partial charge < -0.3 is 24.3 Å². The molecule has 4 aliphatic rings. The molecule has 1 saturated heterocycles. The van der Waals surface area contributed by atoms with E-state index >= 15 is 0 Å². The van der Waals surface area contributed by atoms with Gasteiger partial charge in [0.25, 0.3) is 0 Å². The maximum atomic E-state index is 12.4. The van der Waals surface area contributed by atoms with Crippen LogP contribution in [0.3, 0.4) is 0 Å². The van der Waals surface area contributed by atoms with Gasteiger partial charge in [0.1, 0.15) is 13.2 Å². The van der Waals surface area contributed by atoms with Gasteiger partial charge >= 0.3 is 0 Å². The van der Waals surface area contributed by atoms with Crippen LogP contribution < -0.4 is 19.5 Å². The minimum Gasteiger partial charge on any atom is -0.493 e. The third kappa shape index (κ3) is 2.75. The predicted octanol–water partition coefficient (Wildman–Crippen LogP) is 3.88. The summed E-state index contributed by atoms with van der Waals surface area (Å²) in [5, 5.41) is 3.42. The largest absolute Gasteiger partial charge is 0.493 e. The molecule has 0 radical (unpaired) electrons. The van der Waals surface area contributed by atoms with Crippen LogP contribution in [0.15, 0.2) is 12.1 Å². The van der Waals surface area contributed by atoms with Crippen molar-refractivity contribution in [1.29, 1.82) is 0 Å². The van der Waals surface area contributed by atoms with E-state index in [4.69, 9.17) is 18.9 Å². The summed E-state index contributed by atoms with van der Waals surface area (Å²) in [7, 11) is 1.66. The first-order chi connectivity index (χ1) is 14.4. The summed E-state index contributed by atoms with van der Waals surface area (Å²) in [5.74, 6) is 3.23. The normalized spacial score (nSPS) is 35.6. The number of carbonyl (C=O) groups excluding carboxylic acids is 1. The summed E-state index contributed by atoms with van der Waals surface area (Å²) in [6, 6.07) is 4.30. The maximum absolute atomic E-state index is 12.4. The zero-order chi connectivity index (χ0) is 21.1. The van der Waals surface area contributed by atoms with E-state index in [1.54, 1.807) is 7.11 Å². The highest BCUT2D eigenvalue weighted by Gasteiger charge is 2.68. The van der Waals surface area contributed by atoms with E-state index in [0.717, 1.165) is 24.2 Å². The highest BCUT2D eigenvalue weighted by molar-refractivity contribution is 5.76. The van der Waals surface area contributed by atoms with E-state index in [-0.39, 0.29) is 28.9 Å². The standard InChI is InChI=1S/C24H33NO5/c1-5-19(26)25-22-23(2,3)15-12-16-20(29-7-6-24(16,22)13-15)14-10-17(27-4)21-18(11-14)28-8-9-30-21/h10-11,15-16,20,22H,5-9,12-13H2,1-4H3,(H,25,26)/t15-,16-,20-,22-,24-/m1/s1. The summed E-state index contributed by atoms with van der Waals surface area (Å²) in [6.07, 6.45) is 3.81. The molecule has 5 rings (SSSR count). The molecule has 1 aromatic rings. The van der Waals surface area contributed by atoms with Gasteiger partial charge in [-0.2, -0.15) is 0 Å². The van der Waals surface area contributed by atoms with Gasteiger partial charge in [0.15, 0.2) is 11.5 Å². The van der Waals surface area contributed by atoms with Crippen molar-refractivity contribution in [3.63, 3.8) is 0 Å². The molecule has 2 bridgehead atoms. The first-order valence-corrected chi connectivity index (χ1v) is 11.3. The van der Waals surface area contributed by atoms with Crippen LogP contribution >= 0.6 is 0 Å². The van der Waals surface area contributed by atoms with Crippen LogP contribution in [-0.2, 0) is 9.53 Å². The van der Waals surface area contributed by atoms with E-state index in [1.807, 2.05) is 13.0 Å². The lowest BCUT2D eigenvalue weighted by molar-refractivity contribution is -0.137. The molecule has 30 heavy (non-hydrogen) atoms. The molecule has 2 aliphatic heterocycles. The number of rotatable bonds is 4. The van der Waals surface area contributed by atoms with Crippen molar-refractivity contribution in [2.24, 2.45) is 22.7 Å². The molecule has 6 heteroatoms. The number of ether oxygens (including phenoxy) is 4. The van der Waals surface area contributed by atoms with E-state index in [9.17, 15) is 4.79 Å². The number of hydrogen-bond acceptors (Lipinski definition) is 5. The Morgan fingerprint density at radius 2 is 2.03 bits per heavy atom. The van der Waals surface area contributed by atoms with Crippen molar-refractivity contribution in [3.8, 4) is 17.2 Å². The monoisotopic (exact) mass is 415 g/mol. The van der Waals surface area contributed by atoms with Gasteiger partial charge in [0, 0.05) is 19.1 Å². The van der Waals surface area contributed by atoms with E-state index in [1.165, 1.54) is 6.42 Å². The fourth-order valence-corrected chi connectivity index (χ4v) is 6.84. The average Bonchev–Trinajstić information content (AvgIpc) is 3.25. The Morgan fingerprint density at radius 1 is 1.23 bits per heavy atom. The van der Waals surface area contributed by atoms with Crippen LogP contribution in [-0.4, -0.2) is 38.9 Å². The van der Waals surface area contributed by atoms with Crippen LogP contribution in [0.4, 0.5) is 0 Å². The number of carbonyl (C=O) groups is 1. The molecule has 5 atom stereocenters. The van der Waals surface area contributed by atoms with E-state index in [2.05, 4.69) is 25.2 Å². The van der Waals surface area contributed by atoms with Crippen LogP contribution in [0.2, 0.25) is 0 Å². The molecule has 3 fully saturated rings. The number of amides is 1. The summed E-state index contributed by atoms with van der Waals surface area (Å²) in [6.45, 7) is 8.38. The molecular weight excluding hydrogens is 382 g/mol. The summed E-state index contributed by atoms with van der Waals surface area (Å²) in [5.41, 5.74) is 1.28. The number of fused-ring (bicyclic) bond motifs is 2. The quantitative estimate of drug-likeness (QED) is 0.809. The Balaban J connectivity index is 1.52. The Hall–Kier alpha value is -1.95. The van der Waals surface area contributed by atoms with Gasteiger partial charge in [0.05, 0.1) is 13.2 Å². The highest BCUT2D eigenvalue weighted by atomic mass is 16.6. The third-order valence-corrected chi connectivity index (χ3v) is 8.31. The van der Waals surface area contributed by atoms with Gasteiger partial charge in [-0.25, -0.2) is 0 Å². The predicted molar refractivity (Wildman–Crippen MR) is 112 cm³/mol. The molecule has 1 amide bonds. The molecule has 0 unspecified atom stereocenters. The van der Waals surface area contributed by atoms with Crippen molar-refractivity contribution in [1.82, 2.24) is 5.32 Å². The molecule has 2 saturated carbocycles. The SMILES string of the molecule is CCC(=O)N[C@@H]1C(C)(C)[C@@H]2C[C@@H]3[C@@H](c4cc(OC)c5c(c4)OCCO5)OCC[C@@]31C2. The third-order valence-electron chi connectivity index (χ3n) is 8.31. The second-order valence-corrected chi connectivity index (χ2v) is 9.94. The Bertz CT molecular complexity index is 835. The lowest BCUT2D eigenvalue weighted by atomic mass is 9.59. The molecule has 2 aliphatic carbocycles. The first-order valence-electron chi connectivity index (χ1n) is 11.3. The van der Waals surface area contributed by atoms with E-state index in [0.29, 0.717) is 49.6 Å². The van der Waals surface area contributed by atoms with Crippen LogP contribution in [0.1, 0.15) is 58.1 Å². The second-order valence-electron chi connectivity index (χ2n) is 9.94. The van der Waals surface area contributed by atoms with Crippen molar-refractivity contribution in [3.05, 3.63) is 17.7 Å². The number of hydrogen-bond donors (Lipinski definition) is 1. The van der Waals surface area contributed by atoms with Crippen molar-refractivity contribution < 1.29 is 23.7 Å². The summed E-state index contributed by atoms with van der Waals surface area (Å²) in [4.78, 5) is 12.4. The number of benzene rings is 1.